The Morgan fingerprint density at radius 3 is 2.50 bits per heavy atom. The summed E-state index contributed by atoms with van der Waals surface area (Å²) in [5, 5.41) is 15.8. The van der Waals surface area contributed by atoms with Gasteiger partial charge >= 0.3 is 5.97 Å². The maximum absolute atomic E-state index is 12.1. The number of aliphatic carboxylic acids is 1. The van der Waals surface area contributed by atoms with Crippen molar-refractivity contribution in [2.24, 2.45) is 0 Å². The summed E-state index contributed by atoms with van der Waals surface area (Å²) in [6, 6.07) is 8.76. The van der Waals surface area contributed by atoms with Crippen LogP contribution in [-0.4, -0.2) is 39.4 Å². The molecule has 1 fully saturated rings. The van der Waals surface area contributed by atoms with Crippen molar-refractivity contribution in [3.8, 4) is 11.4 Å². The minimum absolute atomic E-state index is 0.184. The van der Waals surface area contributed by atoms with E-state index in [1.54, 1.807) is 36.2 Å². The summed E-state index contributed by atoms with van der Waals surface area (Å²) in [6.07, 6.45) is 2.55. The number of amides is 1. The maximum Gasteiger partial charge on any atom is 0.329 e. The van der Waals surface area contributed by atoms with Gasteiger partial charge in [-0.15, -0.1) is 0 Å². The first-order valence-electron chi connectivity index (χ1n) is 6.80. The van der Waals surface area contributed by atoms with Crippen molar-refractivity contribution >= 4 is 11.9 Å². The van der Waals surface area contributed by atoms with E-state index in [2.05, 4.69) is 10.4 Å². The smallest absolute Gasteiger partial charge is 0.329 e. The van der Waals surface area contributed by atoms with Crippen molar-refractivity contribution in [1.82, 2.24) is 15.1 Å². The molecule has 0 saturated heterocycles. The minimum atomic E-state index is -1.11. The van der Waals surface area contributed by atoms with Crippen molar-refractivity contribution < 1.29 is 19.4 Å². The first-order valence-corrected chi connectivity index (χ1v) is 6.80. The topological polar surface area (TPSA) is 93.5 Å². The molecule has 7 nitrogen and oxygen atoms in total. The lowest BCUT2D eigenvalue weighted by Crippen LogP contribution is -2.43. The predicted molar refractivity (Wildman–Crippen MR) is 77.2 cm³/mol. The van der Waals surface area contributed by atoms with Gasteiger partial charge in [-0.05, 0) is 43.2 Å². The van der Waals surface area contributed by atoms with Crippen LogP contribution in [0.25, 0.3) is 5.69 Å². The van der Waals surface area contributed by atoms with Gasteiger partial charge in [0.15, 0.2) is 5.69 Å². The predicted octanol–water partition coefficient (Wildman–Crippen LogP) is 1.23. The summed E-state index contributed by atoms with van der Waals surface area (Å²) >= 11 is 0. The molecule has 0 bridgehead atoms. The average Bonchev–Trinajstić information content (AvgIpc) is 3.14. The second kappa shape index (κ2) is 5.18. The van der Waals surface area contributed by atoms with E-state index in [0.717, 1.165) is 11.4 Å². The normalized spacial score (nSPS) is 15.1. The molecule has 1 aliphatic rings. The van der Waals surface area contributed by atoms with E-state index < -0.39 is 17.4 Å². The molecule has 1 heterocycles. The van der Waals surface area contributed by atoms with Gasteiger partial charge in [0.1, 0.15) is 11.3 Å². The number of carboxylic acids is 1. The van der Waals surface area contributed by atoms with E-state index in [1.807, 2.05) is 12.1 Å². The summed E-state index contributed by atoms with van der Waals surface area (Å²) in [4.78, 5) is 23.2. The SMILES string of the molecule is COc1ccc(-n2ccc(C(=O)NC3(C(=O)O)CC3)n2)cc1. The number of nitrogens with one attached hydrogen (secondary N) is 1. The van der Waals surface area contributed by atoms with Crippen LogP contribution in [0.5, 0.6) is 5.75 Å². The van der Waals surface area contributed by atoms with E-state index in [9.17, 15) is 9.59 Å². The molecular formula is C15H15N3O4. The molecule has 2 aromatic rings. The van der Waals surface area contributed by atoms with Crippen molar-refractivity contribution in [2.45, 2.75) is 18.4 Å². The molecule has 1 amide bonds. The van der Waals surface area contributed by atoms with Gasteiger partial charge in [0.05, 0.1) is 12.8 Å². The number of carboxylic acid groups (broad SMARTS) is 1. The van der Waals surface area contributed by atoms with Crippen molar-refractivity contribution in [3.63, 3.8) is 0 Å². The summed E-state index contributed by atoms with van der Waals surface area (Å²) in [5.41, 5.74) is -0.149. The molecule has 3 rings (SSSR count). The molecule has 0 spiro atoms. The zero-order chi connectivity index (χ0) is 15.7. The summed E-state index contributed by atoms with van der Waals surface area (Å²) in [5.74, 6) is -0.756. The third kappa shape index (κ3) is 2.52. The van der Waals surface area contributed by atoms with Gasteiger partial charge in [-0.25, -0.2) is 9.48 Å². The third-order valence-electron chi connectivity index (χ3n) is 3.67. The fourth-order valence-corrected chi connectivity index (χ4v) is 2.12. The average molecular weight is 301 g/mol. The Kier molecular flexibility index (Phi) is 3.32. The first-order chi connectivity index (χ1) is 10.5. The number of nitrogens with zero attached hydrogens (tertiary/aromatic N) is 2. The highest BCUT2D eigenvalue weighted by Gasteiger charge is 2.51. The monoisotopic (exact) mass is 301 g/mol. The van der Waals surface area contributed by atoms with Gasteiger partial charge < -0.3 is 15.2 Å². The van der Waals surface area contributed by atoms with Gasteiger partial charge in [0.2, 0.25) is 0 Å². The van der Waals surface area contributed by atoms with E-state index in [1.165, 1.54) is 0 Å². The Hall–Kier alpha value is -2.83. The van der Waals surface area contributed by atoms with Gasteiger partial charge in [-0.3, -0.25) is 4.79 Å². The standard InChI is InChI=1S/C15H15N3O4/c1-22-11-4-2-10(3-5-11)18-9-6-12(17-18)13(19)16-15(7-8-15)14(20)21/h2-6,9H,7-8H2,1H3,(H,16,19)(H,20,21). The zero-order valence-corrected chi connectivity index (χ0v) is 11.9. The van der Waals surface area contributed by atoms with E-state index in [0.29, 0.717) is 12.8 Å². The number of hydrogen-bond acceptors (Lipinski definition) is 4. The quantitative estimate of drug-likeness (QED) is 0.866. The van der Waals surface area contributed by atoms with Crippen LogP contribution in [0.15, 0.2) is 36.5 Å². The molecule has 1 aromatic carbocycles. The van der Waals surface area contributed by atoms with E-state index in [-0.39, 0.29) is 5.69 Å². The molecular weight excluding hydrogens is 286 g/mol. The fourth-order valence-electron chi connectivity index (χ4n) is 2.12. The number of benzene rings is 1. The molecule has 1 aliphatic carbocycles. The maximum atomic E-state index is 12.1. The lowest BCUT2D eigenvalue weighted by atomic mass is 10.2. The van der Waals surface area contributed by atoms with Crippen LogP contribution in [0.4, 0.5) is 0 Å². The van der Waals surface area contributed by atoms with Crippen LogP contribution in [-0.2, 0) is 4.79 Å². The van der Waals surface area contributed by atoms with E-state index >= 15 is 0 Å². The molecule has 0 radical (unpaired) electrons. The summed E-state index contributed by atoms with van der Waals surface area (Å²) in [7, 11) is 1.58. The van der Waals surface area contributed by atoms with Crippen LogP contribution in [0, 0.1) is 0 Å². The Morgan fingerprint density at radius 2 is 1.95 bits per heavy atom. The number of methoxy groups -OCH3 is 1. The molecule has 1 saturated carbocycles. The van der Waals surface area contributed by atoms with Crippen LogP contribution in [0.2, 0.25) is 0 Å². The second-order valence-corrected chi connectivity index (χ2v) is 5.18. The molecule has 2 N–H and O–H groups in total. The van der Waals surface area contributed by atoms with Crippen LogP contribution < -0.4 is 10.1 Å². The van der Waals surface area contributed by atoms with Crippen molar-refractivity contribution in [2.75, 3.05) is 7.11 Å². The lowest BCUT2D eigenvalue weighted by Gasteiger charge is -2.10. The van der Waals surface area contributed by atoms with Crippen LogP contribution >= 0.6 is 0 Å². The number of rotatable bonds is 5. The number of carbonyl (C=O) groups is 2. The molecule has 0 atom stereocenters. The minimum Gasteiger partial charge on any atom is -0.497 e. The Balaban J connectivity index is 1.75. The molecule has 22 heavy (non-hydrogen) atoms. The number of aromatic nitrogens is 2. The largest absolute Gasteiger partial charge is 0.497 e. The summed E-state index contributed by atoms with van der Waals surface area (Å²) in [6.45, 7) is 0. The molecule has 0 aliphatic heterocycles. The number of ether oxygens (including phenoxy) is 1. The lowest BCUT2D eigenvalue weighted by molar-refractivity contribution is -0.140. The van der Waals surface area contributed by atoms with E-state index in [4.69, 9.17) is 9.84 Å². The molecule has 7 heteroatoms. The molecule has 0 unspecified atom stereocenters. The number of carbonyl (C=O) groups excluding carboxylic acids is 1. The third-order valence-corrected chi connectivity index (χ3v) is 3.67. The van der Waals surface area contributed by atoms with Gasteiger partial charge in [0.25, 0.3) is 5.91 Å². The first kappa shape index (κ1) is 14.1. The van der Waals surface area contributed by atoms with Gasteiger partial charge in [-0.2, -0.15) is 5.10 Å². The zero-order valence-electron chi connectivity index (χ0n) is 11.9. The highest BCUT2D eigenvalue weighted by molar-refractivity contribution is 5.97. The van der Waals surface area contributed by atoms with Crippen LogP contribution in [0.3, 0.4) is 0 Å². The summed E-state index contributed by atoms with van der Waals surface area (Å²) < 4.78 is 6.63. The fraction of sp³-hybridized carbons (Fsp3) is 0.267. The highest BCUT2D eigenvalue weighted by atomic mass is 16.5. The Labute approximate surface area is 126 Å². The van der Waals surface area contributed by atoms with Gasteiger partial charge in [-0.1, -0.05) is 0 Å². The second-order valence-electron chi connectivity index (χ2n) is 5.18. The number of hydrogen-bond donors (Lipinski definition) is 2. The molecule has 1 aromatic heterocycles. The van der Waals surface area contributed by atoms with Gasteiger partial charge in [0, 0.05) is 6.20 Å². The van der Waals surface area contributed by atoms with Crippen molar-refractivity contribution in [3.05, 3.63) is 42.2 Å². The molecule has 114 valence electrons. The van der Waals surface area contributed by atoms with Crippen LogP contribution in [0.1, 0.15) is 23.3 Å². The Bertz CT molecular complexity index is 717. The highest BCUT2D eigenvalue weighted by Crippen LogP contribution is 2.35. The van der Waals surface area contributed by atoms with Crippen molar-refractivity contribution in [1.29, 1.82) is 0 Å². The Morgan fingerprint density at radius 1 is 1.27 bits per heavy atom.